The van der Waals surface area contributed by atoms with Crippen LogP contribution in [0.25, 0.3) is 0 Å². The van der Waals surface area contributed by atoms with E-state index >= 15 is 0 Å². The van der Waals surface area contributed by atoms with Gasteiger partial charge in [0.1, 0.15) is 5.75 Å². The summed E-state index contributed by atoms with van der Waals surface area (Å²) in [4.78, 5) is 13.4. The van der Waals surface area contributed by atoms with Gasteiger partial charge in [-0.25, -0.2) is 8.42 Å². The number of amides is 1. The Labute approximate surface area is 207 Å². The average molecular weight is 507 g/mol. The topological polar surface area (TPSA) is 103 Å². The third-order valence-electron chi connectivity index (χ3n) is 6.12. The van der Waals surface area contributed by atoms with Crippen LogP contribution >= 0.6 is 0 Å². The molecule has 10 heteroatoms. The molecule has 2 aromatic carbocycles. The Morgan fingerprint density at radius 1 is 0.971 bits per heavy atom. The van der Waals surface area contributed by atoms with Crippen molar-refractivity contribution >= 4 is 15.9 Å². The van der Waals surface area contributed by atoms with Gasteiger partial charge in [-0.1, -0.05) is 13.8 Å². The lowest BCUT2D eigenvalue weighted by atomic mass is 9.87. The average Bonchev–Trinajstić information content (AvgIpc) is 3.32. The van der Waals surface area contributed by atoms with E-state index in [1.807, 2.05) is 13.8 Å². The molecule has 1 amide bonds. The zero-order valence-corrected chi connectivity index (χ0v) is 21.8. The minimum absolute atomic E-state index is 0.0552. The molecule has 0 saturated carbocycles. The minimum Gasteiger partial charge on any atom is -0.497 e. The van der Waals surface area contributed by atoms with Crippen molar-refractivity contribution < 1.29 is 32.2 Å². The molecule has 1 aliphatic rings. The van der Waals surface area contributed by atoms with Crippen LogP contribution in [0.5, 0.6) is 23.0 Å². The second kappa shape index (κ2) is 11.2. The van der Waals surface area contributed by atoms with Crippen molar-refractivity contribution in [2.75, 3.05) is 48.1 Å². The van der Waals surface area contributed by atoms with Crippen molar-refractivity contribution in [1.82, 2.24) is 9.62 Å². The maximum Gasteiger partial charge on any atom is 0.243 e. The highest BCUT2D eigenvalue weighted by molar-refractivity contribution is 7.89. The molecule has 2 aromatic rings. The predicted octanol–water partition coefficient (Wildman–Crippen LogP) is 2.90. The van der Waals surface area contributed by atoms with Gasteiger partial charge in [0, 0.05) is 25.6 Å². The number of hydrogen-bond donors (Lipinski definition) is 1. The van der Waals surface area contributed by atoms with Crippen LogP contribution in [0.15, 0.2) is 41.3 Å². The molecule has 3 rings (SSSR count). The molecular weight excluding hydrogens is 472 g/mol. The summed E-state index contributed by atoms with van der Waals surface area (Å²) in [6.45, 7) is 4.70. The summed E-state index contributed by atoms with van der Waals surface area (Å²) in [6, 6.07) is 9.78. The van der Waals surface area contributed by atoms with Crippen molar-refractivity contribution in [3.8, 4) is 23.0 Å². The van der Waals surface area contributed by atoms with E-state index < -0.39 is 21.9 Å². The molecular formula is C25H34N2O7S. The fraction of sp³-hybridized carbons (Fsp3) is 0.480. The summed E-state index contributed by atoms with van der Waals surface area (Å²) < 4.78 is 49.9. The molecule has 192 valence electrons. The Balaban J connectivity index is 2.01. The lowest BCUT2D eigenvalue weighted by molar-refractivity contribution is -0.125. The highest BCUT2D eigenvalue weighted by Gasteiger charge is 2.44. The second-order valence-electron chi connectivity index (χ2n) is 8.81. The normalized spacial score (nSPS) is 18.4. The number of carbonyl (C=O) groups is 1. The smallest absolute Gasteiger partial charge is 0.243 e. The first-order valence-corrected chi connectivity index (χ1v) is 12.8. The summed E-state index contributed by atoms with van der Waals surface area (Å²) in [6.07, 6.45) is 0. The van der Waals surface area contributed by atoms with E-state index in [0.717, 1.165) is 5.56 Å². The zero-order valence-electron chi connectivity index (χ0n) is 21.0. The Kier molecular flexibility index (Phi) is 8.50. The van der Waals surface area contributed by atoms with Crippen LogP contribution in [0.4, 0.5) is 0 Å². The lowest BCUT2D eigenvalue weighted by Gasteiger charge is -2.21. The molecule has 1 N–H and O–H groups in total. The lowest BCUT2D eigenvalue weighted by Crippen LogP contribution is -2.37. The Hall–Kier alpha value is -2.98. The molecule has 2 atom stereocenters. The maximum absolute atomic E-state index is 13.5. The molecule has 0 bridgehead atoms. The van der Waals surface area contributed by atoms with Crippen LogP contribution in [0.3, 0.4) is 0 Å². The quantitative estimate of drug-likeness (QED) is 0.529. The fourth-order valence-corrected chi connectivity index (χ4v) is 5.71. The van der Waals surface area contributed by atoms with Gasteiger partial charge in [0.25, 0.3) is 0 Å². The van der Waals surface area contributed by atoms with E-state index in [0.29, 0.717) is 29.5 Å². The molecule has 0 aromatic heterocycles. The minimum atomic E-state index is -3.84. The number of nitrogens with zero attached hydrogens (tertiary/aromatic N) is 1. The van der Waals surface area contributed by atoms with Crippen LogP contribution in [0.2, 0.25) is 0 Å². The first-order valence-electron chi connectivity index (χ1n) is 11.4. The summed E-state index contributed by atoms with van der Waals surface area (Å²) in [7, 11) is 2.23. The van der Waals surface area contributed by atoms with Gasteiger partial charge in [0.05, 0.1) is 39.3 Å². The zero-order chi connectivity index (χ0) is 25.8. The van der Waals surface area contributed by atoms with Crippen LogP contribution in [0, 0.1) is 11.8 Å². The third kappa shape index (κ3) is 5.65. The molecule has 0 radical (unpaired) electrons. The van der Waals surface area contributed by atoms with Crippen molar-refractivity contribution in [3.63, 3.8) is 0 Å². The third-order valence-corrected chi connectivity index (χ3v) is 7.97. The monoisotopic (exact) mass is 506 g/mol. The maximum atomic E-state index is 13.5. The number of hydrogen-bond acceptors (Lipinski definition) is 7. The van der Waals surface area contributed by atoms with Gasteiger partial charge >= 0.3 is 0 Å². The molecule has 0 aliphatic carbocycles. The Morgan fingerprint density at radius 2 is 1.57 bits per heavy atom. The van der Waals surface area contributed by atoms with Gasteiger partial charge < -0.3 is 24.3 Å². The fourth-order valence-electron chi connectivity index (χ4n) is 4.22. The molecule has 2 unspecified atom stereocenters. The van der Waals surface area contributed by atoms with Crippen LogP contribution in [-0.4, -0.2) is 66.7 Å². The number of methoxy groups -OCH3 is 4. The molecule has 1 heterocycles. The van der Waals surface area contributed by atoms with Crippen molar-refractivity contribution in [1.29, 1.82) is 0 Å². The van der Waals surface area contributed by atoms with E-state index in [2.05, 4.69) is 5.32 Å². The molecule has 35 heavy (non-hydrogen) atoms. The van der Waals surface area contributed by atoms with Gasteiger partial charge in [-0.3, -0.25) is 4.79 Å². The number of ether oxygens (including phenoxy) is 4. The van der Waals surface area contributed by atoms with Crippen molar-refractivity contribution in [2.24, 2.45) is 11.8 Å². The van der Waals surface area contributed by atoms with E-state index in [1.54, 1.807) is 24.3 Å². The van der Waals surface area contributed by atoms with Gasteiger partial charge in [-0.05, 0) is 47.9 Å². The molecule has 0 spiro atoms. The van der Waals surface area contributed by atoms with Crippen molar-refractivity contribution in [2.45, 2.75) is 24.7 Å². The molecule has 1 fully saturated rings. The van der Waals surface area contributed by atoms with E-state index in [9.17, 15) is 13.2 Å². The van der Waals surface area contributed by atoms with Crippen molar-refractivity contribution in [3.05, 3.63) is 42.0 Å². The summed E-state index contributed by atoms with van der Waals surface area (Å²) in [5, 5.41) is 2.97. The number of rotatable bonds is 10. The molecule has 1 saturated heterocycles. The number of nitrogens with one attached hydrogen (secondary N) is 1. The number of carbonyl (C=O) groups excluding carboxylic acids is 1. The summed E-state index contributed by atoms with van der Waals surface area (Å²) in [5.74, 6) is 0.948. The first-order chi connectivity index (χ1) is 16.7. The van der Waals surface area contributed by atoms with Crippen LogP contribution in [0.1, 0.15) is 25.3 Å². The Morgan fingerprint density at radius 3 is 2.06 bits per heavy atom. The molecule has 1 aliphatic heterocycles. The van der Waals surface area contributed by atoms with Gasteiger partial charge in [0.2, 0.25) is 21.7 Å². The van der Waals surface area contributed by atoms with Gasteiger partial charge in [-0.2, -0.15) is 4.31 Å². The Bertz CT molecular complexity index is 1110. The van der Waals surface area contributed by atoms with Crippen LogP contribution < -0.4 is 24.3 Å². The molecule has 9 nitrogen and oxygen atoms in total. The van der Waals surface area contributed by atoms with E-state index in [1.165, 1.54) is 44.9 Å². The summed E-state index contributed by atoms with van der Waals surface area (Å²) >= 11 is 0. The SMILES string of the molecule is COc1ccc(S(=O)(=O)N2CC(C(=O)NCC(C)C)C(c3cc(OC)c(OC)c(OC)c3)C2)cc1. The number of benzene rings is 2. The van der Waals surface area contributed by atoms with Gasteiger partial charge in [-0.15, -0.1) is 0 Å². The van der Waals surface area contributed by atoms with Gasteiger partial charge in [0.15, 0.2) is 11.5 Å². The highest BCUT2D eigenvalue weighted by atomic mass is 32.2. The predicted molar refractivity (Wildman–Crippen MR) is 132 cm³/mol. The van der Waals surface area contributed by atoms with E-state index in [-0.39, 0.29) is 29.8 Å². The second-order valence-corrected chi connectivity index (χ2v) is 10.7. The summed E-state index contributed by atoms with van der Waals surface area (Å²) in [5.41, 5.74) is 0.733. The largest absolute Gasteiger partial charge is 0.497 e. The standard InChI is InChI=1S/C25H34N2O7S/c1-16(2)13-26-25(28)21-15-27(35(29,30)19-9-7-18(31-3)8-10-19)14-20(21)17-11-22(32-4)24(34-6)23(12-17)33-5/h7-12,16,20-21H,13-15H2,1-6H3,(H,26,28). The van der Waals surface area contributed by atoms with E-state index in [4.69, 9.17) is 18.9 Å². The van der Waals surface area contributed by atoms with Crippen LogP contribution in [-0.2, 0) is 14.8 Å². The number of sulfonamides is 1. The first kappa shape index (κ1) is 26.6. The highest BCUT2D eigenvalue weighted by Crippen LogP contribution is 2.44.